The zero-order chi connectivity index (χ0) is 13.8. The Kier molecular flexibility index (Phi) is 4.23. The number of hydrogen-bond acceptors (Lipinski definition) is 2. The molecule has 0 aromatic heterocycles. The molecule has 2 heteroatoms. The molecule has 19 heavy (non-hydrogen) atoms. The van der Waals surface area contributed by atoms with Gasteiger partial charge in [0.05, 0.1) is 13.2 Å². The van der Waals surface area contributed by atoms with E-state index >= 15 is 0 Å². The van der Waals surface area contributed by atoms with Gasteiger partial charge in [-0.1, -0.05) is 47.5 Å². The van der Waals surface area contributed by atoms with Crippen molar-refractivity contribution in [1.29, 1.82) is 0 Å². The summed E-state index contributed by atoms with van der Waals surface area (Å²) in [5.74, 6) is 0.922. The van der Waals surface area contributed by atoms with E-state index in [2.05, 4.69) is 55.6 Å². The van der Waals surface area contributed by atoms with Crippen LogP contribution in [0.5, 0.6) is 5.75 Å². The van der Waals surface area contributed by atoms with Gasteiger partial charge < -0.3 is 10.1 Å². The molecule has 100 valence electrons. The van der Waals surface area contributed by atoms with Gasteiger partial charge in [-0.2, -0.15) is 0 Å². The van der Waals surface area contributed by atoms with Crippen molar-refractivity contribution in [1.82, 2.24) is 5.32 Å². The summed E-state index contributed by atoms with van der Waals surface area (Å²) >= 11 is 0. The summed E-state index contributed by atoms with van der Waals surface area (Å²) < 4.78 is 5.49. The smallest absolute Gasteiger partial charge is 0.123 e. The number of nitrogens with one attached hydrogen (secondary N) is 1. The molecule has 2 aromatic rings. The van der Waals surface area contributed by atoms with Crippen LogP contribution in [0.1, 0.15) is 28.3 Å². The van der Waals surface area contributed by atoms with Crippen molar-refractivity contribution in [3.63, 3.8) is 0 Å². The van der Waals surface area contributed by atoms with Gasteiger partial charge >= 0.3 is 0 Å². The van der Waals surface area contributed by atoms with Crippen LogP contribution in [0.2, 0.25) is 0 Å². The number of rotatable bonds is 4. The maximum atomic E-state index is 5.49. The Bertz CT molecular complexity index is 546. The minimum Gasteiger partial charge on any atom is -0.496 e. The van der Waals surface area contributed by atoms with Crippen molar-refractivity contribution in [3.05, 3.63) is 64.7 Å². The van der Waals surface area contributed by atoms with E-state index in [-0.39, 0.29) is 6.04 Å². The predicted octanol–water partition coefficient (Wildman–Crippen LogP) is 3.62. The molecule has 0 saturated carbocycles. The number of aryl methyl sites for hydroxylation is 2. The second kappa shape index (κ2) is 5.89. The largest absolute Gasteiger partial charge is 0.496 e. The fourth-order valence-corrected chi connectivity index (χ4v) is 2.34. The van der Waals surface area contributed by atoms with E-state index in [0.717, 1.165) is 5.75 Å². The average molecular weight is 255 g/mol. The highest BCUT2D eigenvalue weighted by atomic mass is 16.5. The van der Waals surface area contributed by atoms with Gasteiger partial charge in [-0.05, 0) is 32.5 Å². The van der Waals surface area contributed by atoms with Gasteiger partial charge in [0.1, 0.15) is 5.75 Å². The standard InChI is InChI=1S/C17H21NO/c1-12-5-8-14(9-6-12)17(18-3)15-11-13(2)7-10-16(15)19-4/h5-11,17-18H,1-4H3. The Labute approximate surface area is 115 Å². The van der Waals surface area contributed by atoms with Crippen LogP contribution < -0.4 is 10.1 Å². The molecular formula is C17H21NO. The van der Waals surface area contributed by atoms with E-state index < -0.39 is 0 Å². The minimum absolute atomic E-state index is 0.149. The first-order valence-corrected chi connectivity index (χ1v) is 6.54. The number of ether oxygens (including phenoxy) is 1. The molecule has 2 nitrogen and oxygen atoms in total. The quantitative estimate of drug-likeness (QED) is 0.901. The molecule has 0 saturated heterocycles. The summed E-state index contributed by atoms with van der Waals surface area (Å²) in [6.07, 6.45) is 0. The van der Waals surface area contributed by atoms with Crippen molar-refractivity contribution < 1.29 is 4.74 Å². The van der Waals surface area contributed by atoms with Gasteiger partial charge in [-0.25, -0.2) is 0 Å². The second-order valence-corrected chi connectivity index (χ2v) is 4.88. The molecule has 0 heterocycles. The van der Waals surface area contributed by atoms with Gasteiger partial charge in [0, 0.05) is 5.56 Å². The fourth-order valence-electron chi connectivity index (χ4n) is 2.34. The van der Waals surface area contributed by atoms with Crippen molar-refractivity contribution in [2.45, 2.75) is 19.9 Å². The fraction of sp³-hybridized carbons (Fsp3) is 0.294. The summed E-state index contributed by atoms with van der Waals surface area (Å²) in [4.78, 5) is 0. The van der Waals surface area contributed by atoms with Crippen LogP contribution in [0.15, 0.2) is 42.5 Å². The maximum absolute atomic E-state index is 5.49. The van der Waals surface area contributed by atoms with Crippen LogP contribution in [-0.2, 0) is 0 Å². The van der Waals surface area contributed by atoms with Crippen LogP contribution in [0.3, 0.4) is 0 Å². The topological polar surface area (TPSA) is 21.3 Å². The van der Waals surface area contributed by atoms with Gasteiger partial charge in [-0.3, -0.25) is 0 Å². The van der Waals surface area contributed by atoms with Crippen molar-refractivity contribution in [2.24, 2.45) is 0 Å². The van der Waals surface area contributed by atoms with Crippen molar-refractivity contribution >= 4 is 0 Å². The van der Waals surface area contributed by atoms with Crippen molar-refractivity contribution in [2.75, 3.05) is 14.2 Å². The monoisotopic (exact) mass is 255 g/mol. The van der Waals surface area contributed by atoms with E-state index in [0.29, 0.717) is 0 Å². The molecule has 0 aliphatic heterocycles. The maximum Gasteiger partial charge on any atom is 0.123 e. The first-order valence-electron chi connectivity index (χ1n) is 6.54. The van der Waals surface area contributed by atoms with E-state index in [1.165, 1.54) is 22.3 Å². The molecule has 0 radical (unpaired) electrons. The van der Waals surface area contributed by atoms with Crippen LogP contribution in [-0.4, -0.2) is 14.2 Å². The molecule has 0 fully saturated rings. The molecule has 2 aromatic carbocycles. The minimum atomic E-state index is 0.149. The third-order valence-electron chi connectivity index (χ3n) is 3.40. The lowest BCUT2D eigenvalue weighted by Gasteiger charge is -2.20. The lowest BCUT2D eigenvalue weighted by Crippen LogP contribution is -2.18. The Balaban J connectivity index is 2.47. The average Bonchev–Trinajstić information content (AvgIpc) is 2.42. The highest BCUT2D eigenvalue weighted by Crippen LogP contribution is 2.30. The summed E-state index contributed by atoms with van der Waals surface area (Å²) in [5.41, 5.74) is 4.93. The third-order valence-corrected chi connectivity index (χ3v) is 3.40. The highest BCUT2D eigenvalue weighted by molar-refractivity contribution is 5.44. The lowest BCUT2D eigenvalue weighted by molar-refractivity contribution is 0.405. The molecule has 1 atom stereocenters. The zero-order valence-corrected chi connectivity index (χ0v) is 12.0. The second-order valence-electron chi connectivity index (χ2n) is 4.88. The predicted molar refractivity (Wildman–Crippen MR) is 79.8 cm³/mol. The molecular weight excluding hydrogens is 234 g/mol. The Morgan fingerprint density at radius 3 is 2.16 bits per heavy atom. The van der Waals surface area contributed by atoms with E-state index in [9.17, 15) is 0 Å². The van der Waals surface area contributed by atoms with Crippen molar-refractivity contribution in [3.8, 4) is 5.75 Å². The molecule has 0 aliphatic carbocycles. The number of hydrogen-bond donors (Lipinski definition) is 1. The first-order chi connectivity index (χ1) is 9.15. The molecule has 1 unspecified atom stereocenters. The third kappa shape index (κ3) is 2.96. The lowest BCUT2D eigenvalue weighted by atomic mass is 9.96. The summed E-state index contributed by atoms with van der Waals surface area (Å²) in [7, 11) is 3.70. The summed E-state index contributed by atoms with van der Waals surface area (Å²) in [6, 6.07) is 15.0. The summed E-state index contributed by atoms with van der Waals surface area (Å²) in [5, 5.41) is 3.38. The number of benzene rings is 2. The molecule has 1 N–H and O–H groups in total. The SMILES string of the molecule is CNC(c1ccc(C)cc1)c1cc(C)ccc1OC. The van der Waals surface area contributed by atoms with Gasteiger partial charge in [-0.15, -0.1) is 0 Å². The first kappa shape index (κ1) is 13.6. The zero-order valence-electron chi connectivity index (χ0n) is 12.0. The van der Waals surface area contributed by atoms with Gasteiger partial charge in [0.2, 0.25) is 0 Å². The number of methoxy groups -OCH3 is 1. The normalized spacial score (nSPS) is 12.2. The molecule has 0 bridgehead atoms. The van der Waals surface area contributed by atoms with Gasteiger partial charge in [0.15, 0.2) is 0 Å². The molecule has 2 rings (SSSR count). The van der Waals surface area contributed by atoms with E-state index in [1.54, 1.807) is 7.11 Å². The van der Waals surface area contributed by atoms with Crippen LogP contribution >= 0.6 is 0 Å². The van der Waals surface area contributed by atoms with Crippen LogP contribution in [0.25, 0.3) is 0 Å². The van der Waals surface area contributed by atoms with E-state index in [4.69, 9.17) is 4.74 Å². The Morgan fingerprint density at radius 2 is 1.58 bits per heavy atom. The molecule has 0 spiro atoms. The molecule has 0 amide bonds. The molecule has 0 aliphatic rings. The Hall–Kier alpha value is -1.80. The summed E-state index contributed by atoms with van der Waals surface area (Å²) in [6.45, 7) is 4.20. The highest BCUT2D eigenvalue weighted by Gasteiger charge is 2.16. The Morgan fingerprint density at radius 1 is 0.947 bits per heavy atom. The van der Waals surface area contributed by atoms with Crippen LogP contribution in [0, 0.1) is 13.8 Å². The van der Waals surface area contributed by atoms with Crippen LogP contribution in [0.4, 0.5) is 0 Å². The van der Waals surface area contributed by atoms with Gasteiger partial charge in [0.25, 0.3) is 0 Å². The van der Waals surface area contributed by atoms with E-state index in [1.807, 2.05) is 13.1 Å².